The number of benzene rings is 1. The molecule has 96 valence electrons. The summed E-state index contributed by atoms with van der Waals surface area (Å²) in [6.07, 6.45) is 2.18. The van der Waals surface area contributed by atoms with Crippen molar-refractivity contribution in [3.8, 4) is 0 Å². The molecule has 0 fully saturated rings. The minimum absolute atomic E-state index is 0.536. The van der Waals surface area contributed by atoms with E-state index in [9.17, 15) is 4.21 Å². The third kappa shape index (κ3) is 4.88. The topological polar surface area (TPSA) is 52.3 Å². The molecule has 0 aliphatic heterocycles. The number of aryl methyl sites for hydroxylation is 1. The van der Waals surface area contributed by atoms with Crippen LogP contribution in [0.15, 0.2) is 23.1 Å². The Hall–Kier alpha value is -0.870. The van der Waals surface area contributed by atoms with Crippen LogP contribution in [0.4, 0.5) is 5.69 Å². The van der Waals surface area contributed by atoms with Crippen LogP contribution in [-0.4, -0.2) is 23.2 Å². The van der Waals surface area contributed by atoms with Gasteiger partial charge in [0.25, 0.3) is 0 Å². The third-order valence-electron chi connectivity index (χ3n) is 2.51. The van der Waals surface area contributed by atoms with Crippen molar-refractivity contribution < 1.29 is 8.95 Å². The number of ether oxygens (including phenoxy) is 1. The third-order valence-corrected chi connectivity index (χ3v) is 3.98. The molecule has 4 heteroatoms. The molecule has 0 bridgehead atoms. The Bertz CT molecular complexity index is 380. The van der Waals surface area contributed by atoms with Crippen LogP contribution in [-0.2, 0) is 15.5 Å². The molecule has 0 spiro atoms. The van der Waals surface area contributed by atoms with Gasteiger partial charge in [0.15, 0.2) is 0 Å². The Morgan fingerprint density at radius 2 is 2.12 bits per heavy atom. The zero-order valence-corrected chi connectivity index (χ0v) is 11.4. The lowest BCUT2D eigenvalue weighted by Crippen LogP contribution is -2.08. The number of anilines is 1. The van der Waals surface area contributed by atoms with E-state index < -0.39 is 10.8 Å². The molecule has 2 N–H and O–H groups in total. The lowest BCUT2D eigenvalue weighted by atomic mass is 10.2. The fourth-order valence-corrected chi connectivity index (χ4v) is 2.64. The fraction of sp³-hybridized carbons (Fsp3) is 0.538. The highest BCUT2D eigenvalue weighted by Gasteiger charge is 2.07. The molecule has 0 saturated carbocycles. The number of rotatable bonds is 7. The highest BCUT2D eigenvalue weighted by molar-refractivity contribution is 7.85. The average Bonchev–Trinajstić information content (AvgIpc) is 2.32. The van der Waals surface area contributed by atoms with Crippen molar-refractivity contribution in [2.24, 2.45) is 0 Å². The molecular weight excluding hydrogens is 234 g/mol. The Morgan fingerprint density at radius 3 is 2.82 bits per heavy atom. The van der Waals surface area contributed by atoms with Crippen LogP contribution >= 0.6 is 0 Å². The van der Waals surface area contributed by atoms with Crippen LogP contribution in [0.2, 0.25) is 0 Å². The summed E-state index contributed by atoms with van der Waals surface area (Å²) in [6, 6.07) is 5.52. The Kier molecular flexibility index (Phi) is 6.22. The molecule has 1 aromatic rings. The van der Waals surface area contributed by atoms with Gasteiger partial charge in [-0.1, -0.05) is 19.4 Å². The van der Waals surface area contributed by atoms with Gasteiger partial charge in [0.1, 0.15) is 0 Å². The average molecular weight is 255 g/mol. The number of hydrogen-bond acceptors (Lipinski definition) is 3. The molecule has 1 atom stereocenters. The van der Waals surface area contributed by atoms with Crippen LogP contribution in [0, 0.1) is 6.92 Å². The van der Waals surface area contributed by atoms with Crippen molar-refractivity contribution >= 4 is 16.5 Å². The second-order valence-corrected chi connectivity index (χ2v) is 5.58. The summed E-state index contributed by atoms with van der Waals surface area (Å²) in [6.45, 7) is 5.37. The lowest BCUT2D eigenvalue weighted by molar-refractivity contribution is 0.146. The van der Waals surface area contributed by atoms with Crippen LogP contribution in [0.1, 0.15) is 25.3 Å². The molecule has 0 aliphatic rings. The van der Waals surface area contributed by atoms with Gasteiger partial charge in [-0.2, -0.15) is 0 Å². The predicted octanol–water partition coefficient (Wildman–Crippen LogP) is 2.50. The van der Waals surface area contributed by atoms with Crippen molar-refractivity contribution in [1.82, 2.24) is 0 Å². The Morgan fingerprint density at radius 1 is 1.35 bits per heavy atom. The van der Waals surface area contributed by atoms with Crippen molar-refractivity contribution in [1.29, 1.82) is 0 Å². The lowest BCUT2D eigenvalue weighted by Gasteiger charge is -2.07. The maximum atomic E-state index is 12.0. The number of nitrogens with two attached hydrogens (primary N) is 1. The summed E-state index contributed by atoms with van der Waals surface area (Å²) in [5.74, 6) is 0.536. The molecule has 1 unspecified atom stereocenters. The van der Waals surface area contributed by atoms with Gasteiger partial charge in [-0.25, -0.2) is 0 Å². The van der Waals surface area contributed by atoms with Crippen LogP contribution < -0.4 is 5.73 Å². The van der Waals surface area contributed by atoms with E-state index in [4.69, 9.17) is 10.5 Å². The van der Waals surface area contributed by atoms with Crippen molar-refractivity contribution in [2.45, 2.75) is 31.6 Å². The zero-order chi connectivity index (χ0) is 12.7. The summed E-state index contributed by atoms with van der Waals surface area (Å²) in [4.78, 5) is 0.823. The summed E-state index contributed by atoms with van der Waals surface area (Å²) >= 11 is 0. The molecule has 17 heavy (non-hydrogen) atoms. The van der Waals surface area contributed by atoms with Gasteiger partial charge >= 0.3 is 0 Å². The van der Waals surface area contributed by atoms with E-state index in [1.165, 1.54) is 0 Å². The molecular formula is C13H21NO2S. The molecule has 1 aromatic carbocycles. The van der Waals surface area contributed by atoms with E-state index >= 15 is 0 Å². The Balaban J connectivity index is 2.44. The van der Waals surface area contributed by atoms with Crippen molar-refractivity contribution in [3.05, 3.63) is 23.8 Å². The van der Waals surface area contributed by atoms with Gasteiger partial charge in [0.2, 0.25) is 0 Å². The van der Waals surface area contributed by atoms with Gasteiger partial charge < -0.3 is 10.5 Å². The second kappa shape index (κ2) is 7.45. The summed E-state index contributed by atoms with van der Waals surface area (Å²) in [5, 5.41) is 0. The van der Waals surface area contributed by atoms with Crippen molar-refractivity contribution in [2.75, 3.05) is 24.7 Å². The van der Waals surface area contributed by atoms with Gasteiger partial charge in [-0.3, -0.25) is 4.21 Å². The number of hydrogen-bond donors (Lipinski definition) is 1. The minimum atomic E-state index is -1.02. The van der Waals surface area contributed by atoms with Crippen molar-refractivity contribution in [3.63, 3.8) is 0 Å². The van der Waals surface area contributed by atoms with Crippen LogP contribution in [0.5, 0.6) is 0 Å². The van der Waals surface area contributed by atoms with E-state index in [0.717, 1.165) is 29.9 Å². The molecule has 0 amide bonds. The molecule has 0 heterocycles. The first-order chi connectivity index (χ1) is 8.15. The van der Waals surface area contributed by atoms with E-state index in [1.54, 1.807) is 6.07 Å². The normalized spacial score (nSPS) is 12.6. The molecule has 0 radical (unpaired) electrons. The molecule has 1 rings (SSSR count). The maximum Gasteiger partial charge on any atom is 0.0585 e. The first-order valence-electron chi connectivity index (χ1n) is 5.97. The highest BCUT2D eigenvalue weighted by atomic mass is 32.2. The maximum absolute atomic E-state index is 12.0. The monoisotopic (exact) mass is 255 g/mol. The van der Waals surface area contributed by atoms with Gasteiger partial charge in [-0.15, -0.1) is 0 Å². The summed E-state index contributed by atoms with van der Waals surface area (Å²) in [5.41, 5.74) is 7.37. The highest BCUT2D eigenvalue weighted by Crippen LogP contribution is 2.16. The summed E-state index contributed by atoms with van der Waals surface area (Å²) in [7, 11) is -1.02. The molecule has 3 nitrogen and oxygen atoms in total. The summed E-state index contributed by atoms with van der Waals surface area (Å²) < 4.78 is 17.4. The zero-order valence-electron chi connectivity index (χ0n) is 10.6. The smallest absolute Gasteiger partial charge is 0.0585 e. The van der Waals surface area contributed by atoms with Crippen LogP contribution in [0.25, 0.3) is 0 Å². The van der Waals surface area contributed by atoms with Gasteiger partial charge in [0, 0.05) is 17.2 Å². The SMILES string of the molecule is CCCCOCCS(=O)c1cc(N)ccc1C. The van der Waals surface area contributed by atoms with E-state index in [2.05, 4.69) is 6.92 Å². The fourth-order valence-electron chi connectivity index (χ4n) is 1.45. The first-order valence-corrected chi connectivity index (χ1v) is 7.29. The quantitative estimate of drug-likeness (QED) is 0.601. The van der Waals surface area contributed by atoms with Gasteiger partial charge in [0.05, 0.1) is 23.2 Å². The molecule has 0 aliphatic carbocycles. The second-order valence-electron chi connectivity index (χ2n) is 4.04. The number of unbranched alkanes of at least 4 members (excludes halogenated alkanes) is 1. The standard InChI is InChI=1S/C13H21NO2S/c1-3-4-7-16-8-9-17(15)13-10-12(14)6-5-11(13)2/h5-6,10H,3-4,7-9,14H2,1-2H3. The minimum Gasteiger partial charge on any atom is -0.399 e. The van der Waals surface area contributed by atoms with Gasteiger partial charge in [-0.05, 0) is 31.0 Å². The van der Waals surface area contributed by atoms with E-state index in [-0.39, 0.29) is 0 Å². The predicted molar refractivity (Wildman–Crippen MR) is 72.6 cm³/mol. The Labute approximate surface area is 106 Å². The van der Waals surface area contributed by atoms with Crippen LogP contribution in [0.3, 0.4) is 0 Å². The number of nitrogen functional groups attached to an aromatic ring is 1. The molecule has 0 aromatic heterocycles. The largest absolute Gasteiger partial charge is 0.399 e. The van der Waals surface area contributed by atoms with E-state index in [1.807, 2.05) is 19.1 Å². The first kappa shape index (κ1) is 14.2. The van der Waals surface area contributed by atoms with E-state index in [0.29, 0.717) is 18.0 Å². The molecule has 0 saturated heterocycles.